The van der Waals surface area contributed by atoms with E-state index in [0.29, 0.717) is 33.2 Å². The zero-order valence-corrected chi connectivity index (χ0v) is 15.2. The van der Waals surface area contributed by atoms with Crippen molar-refractivity contribution < 1.29 is 19.8 Å². The number of benzene rings is 3. The lowest BCUT2D eigenvalue weighted by Gasteiger charge is -1.98. The molecule has 5 rings (SSSR count). The molecule has 0 aliphatic heterocycles. The van der Waals surface area contributed by atoms with E-state index in [-0.39, 0.29) is 11.5 Å². The number of rotatable bonds is 2. The number of carbonyl (C=O) groups excluding carboxylic acids is 2. The smallest absolute Gasteiger partial charge is 0.295 e. The van der Waals surface area contributed by atoms with E-state index in [1.165, 1.54) is 48.5 Å². The van der Waals surface area contributed by atoms with Gasteiger partial charge in [-0.1, -0.05) is 0 Å². The lowest BCUT2D eigenvalue weighted by atomic mass is 10.2. The highest BCUT2D eigenvalue weighted by atomic mass is 16.3. The van der Waals surface area contributed by atoms with E-state index in [1.54, 1.807) is 12.1 Å². The highest BCUT2D eigenvalue weighted by Crippen LogP contribution is 2.21. The Labute approximate surface area is 167 Å². The first kappa shape index (κ1) is 17.5. The number of aromatic hydroxyl groups is 2. The van der Waals surface area contributed by atoms with Crippen LogP contribution in [0.3, 0.4) is 0 Å². The minimum absolute atomic E-state index is 0.0433. The normalized spacial score (nSPS) is 11.2. The third-order valence-corrected chi connectivity index (χ3v) is 4.49. The minimum Gasteiger partial charge on any atom is -0.508 e. The third kappa shape index (κ3) is 2.83. The van der Waals surface area contributed by atoms with E-state index in [0.717, 1.165) is 9.59 Å². The van der Waals surface area contributed by atoms with Crippen LogP contribution in [0.25, 0.3) is 22.1 Å². The van der Waals surface area contributed by atoms with Crippen molar-refractivity contribution in [3.05, 3.63) is 71.8 Å². The van der Waals surface area contributed by atoms with Crippen LogP contribution in [0.4, 0.5) is 0 Å². The van der Waals surface area contributed by atoms with Gasteiger partial charge >= 0.3 is 0 Å². The summed E-state index contributed by atoms with van der Waals surface area (Å²) in [5.41, 5.74) is 2.08. The van der Waals surface area contributed by atoms with Gasteiger partial charge in [-0.25, -0.2) is 0 Å². The lowest BCUT2D eigenvalue weighted by Crippen LogP contribution is -2.15. The SMILES string of the molecule is O=C(c1ccc(O)cc1)n1nc2ccc3nn(C(=O)c4ccc(O)cc4)nc3c2n1. The summed E-state index contributed by atoms with van der Waals surface area (Å²) in [6.07, 6.45) is 0. The van der Waals surface area contributed by atoms with Gasteiger partial charge in [-0.2, -0.15) is 0 Å². The van der Waals surface area contributed by atoms with E-state index in [2.05, 4.69) is 20.4 Å². The molecule has 10 heteroatoms. The summed E-state index contributed by atoms with van der Waals surface area (Å²) in [6, 6.07) is 14.7. The van der Waals surface area contributed by atoms with Gasteiger partial charge in [-0.05, 0) is 60.7 Å². The molecule has 146 valence electrons. The quantitative estimate of drug-likeness (QED) is 0.459. The second kappa shape index (κ2) is 6.48. The van der Waals surface area contributed by atoms with Gasteiger partial charge < -0.3 is 10.2 Å². The minimum atomic E-state index is -0.480. The molecule has 0 saturated carbocycles. The molecule has 5 aromatic rings. The van der Waals surface area contributed by atoms with Gasteiger partial charge in [0.05, 0.1) is 0 Å². The van der Waals surface area contributed by atoms with Crippen molar-refractivity contribution in [2.75, 3.05) is 0 Å². The fourth-order valence-electron chi connectivity index (χ4n) is 2.98. The Bertz CT molecular complexity index is 1320. The van der Waals surface area contributed by atoms with Crippen molar-refractivity contribution in [2.45, 2.75) is 0 Å². The topological polar surface area (TPSA) is 136 Å². The molecular formula is C20H12N6O4. The molecular weight excluding hydrogens is 388 g/mol. The fourth-order valence-corrected chi connectivity index (χ4v) is 2.98. The summed E-state index contributed by atoms with van der Waals surface area (Å²) in [5.74, 6) is -0.873. The highest BCUT2D eigenvalue weighted by Gasteiger charge is 2.19. The second-order valence-corrected chi connectivity index (χ2v) is 6.48. The molecule has 3 aromatic carbocycles. The highest BCUT2D eigenvalue weighted by molar-refractivity contribution is 6.03. The number of phenolic OH excluding ortho intramolecular Hbond substituents is 2. The molecule has 10 nitrogen and oxygen atoms in total. The van der Waals surface area contributed by atoms with Gasteiger partial charge in [0, 0.05) is 11.1 Å². The predicted molar refractivity (Wildman–Crippen MR) is 104 cm³/mol. The molecule has 0 fully saturated rings. The Morgan fingerprint density at radius 3 is 1.30 bits per heavy atom. The number of fused-ring (bicyclic) bond motifs is 3. The van der Waals surface area contributed by atoms with Crippen molar-refractivity contribution in [3.63, 3.8) is 0 Å². The van der Waals surface area contributed by atoms with Crippen molar-refractivity contribution in [2.24, 2.45) is 0 Å². The third-order valence-electron chi connectivity index (χ3n) is 4.49. The second-order valence-electron chi connectivity index (χ2n) is 6.48. The van der Waals surface area contributed by atoms with Crippen LogP contribution in [0.5, 0.6) is 11.5 Å². The Morgan fingerprint density at radius 2 is 0.933 bits per heavy atom. The van der Waals surface area contributed by atoms with Crippen molar-refractivity contribution >= 4 is 33.9 Å². The number of aromatic nitrogens is 6. The van der Waals surface area contributed by atoms with Crippen molar-refractivity contribution in [3.8, 4) is 11.5 Å². The zero-order chi connectivity index (χ0) is 20.8. The molecule has 0 spiro atoms. The molecule has 0 amide bonds. The number of hydrogen-bond acceptors (Lipinski definition) is 8. The largest absolute Gasteiger partial charge is 0.508 e. The Morgan fingerprint density at radius 1 is 0.567 bits per heavy atom. The first-order valence-corrected chi connectivity index (χ1v) is 8.80. The molecule has 0 bridgehead atoms. The van der Waals surface area contributed by atoms with Crippen LogP contribution in [0, 0.1) is 0 Å². The van der Waals surface area contributed by atoms with E-state index in [4.69, 9.17) is 0 Å². The standard InChI is InChI=1S/C20H12N6O4/c27-13-5-1-11(2-6-13)19(29)25-21-15-9-10-16-18(17(15)23-25)24-26(22-16)20(30)12-3-7-14(28)8-4-12/h1-10,27-28H. The van der Waals surface area contributed by atoms with Gasteiger partial charge in [-0.15, -0.1) is 30.0 Å². The predicted octanol–water partition coefficient (Wildman–Crippen LogP) is 1.96. The zero-order valence-electron chi connectivity index (χ0n) is 15.2. The summed E-state index contributed by atoms with van der Waals surface area (Å²) < 4.78 is 0. The Kier molecular flexibility index (Phi) is 3.78. The van der Waals surface area contributed by atoms with Crippen molar-refractivity contribution in [1.29, 1.82) is 0 Å². The Balaban J connectivity index is 1.56. The average molecular weight is 400 g/mol. The maximum atomic E-state index is 12.6. The lowest BCUT2D eigenvalue weighted by molar-refractivity contribution is 0.0920. The van der Waals surface area contributed by atoms with Crippen LogP contribution < -0.4 is 0 Å². The van der Waals surface area contributed by atoms with Crippen LogP contribution in [0.2, 0.25) is 0 Å². The molecule has 0 radical (unpaired) electrons. The first-order valence-electron chi connectivity index (χ1n) is 8.80. The van der Waals surface area contributed by atoms with Gasteiger partial charge in [0.15, 0.2) is 0 Å². The number of carbonyl (C=O) groups is 2. The molecule has 30 heavy (non-hydrogen) atoms. The van der Waals surface area contributed by atoms with E-state index >= 15 is 0 Å². The Hall–Kier alpha value is -4.60. The molecule has 2 heterocycles. The van der Waals surface area contributed by atoms with E-state index in [9.17, 15) is 19.8 Å². The summed E-state index contributed by atoms with van der Waals surface area (Å²) >= 11 is 0. The van der Waals surface area contributed by atoms with Gasteiger partial charge in [0.25, 0.3) is 11.8 Å². The van der Waals surface area contributed by atoms with Gasteiger partial charge in [0.1, 0.15) is 33.6 Å². The van der Waals surface area contributed by atoms with Gasteiger partial charge in [0.2, 0.25) is 0 Å². The molecule has 0 saturated heterocycles. The molecule has 0 aliphatic rings. The summed E-state index contributed by atoms with van der Waals surface area (Å²) in [6.45, 7) is 0. The van der Waals surface area contributed by atoms with Crippen LogP contribution >= 0.6 is 0 Å². The van der Waals surface area contributed by atoms with Crippen LogP contribution in [0.1, 0.15) is 20.7 Å². The molecule has 2 N–H and O–H groups in total. The van der Waals surface area contributed by atoms with Crippen molar-refractivity contribution in [1.82, 2.24) is 30.0 Å². The summed E-state index contributed by atoms with van der Waals surface area (Å²) in [7, 11) is 0. The first-order chi connectivity index (χ1) is 14.5. The molecule has 2 aromatic heterocycles. The molecule has 0 aliphatic carbocycles. The maximum absolute atomic E-state index is 12.6. The summed E-state index contributed by atoms with van der Waals surface area (Å²) in [5, 5.41) is 35.6. The van der Waals surface area contributed by atoms with Crippen LogP contribution in [-0.2, 0) is 0 Å². The van der Waals surface area contributed by atoms with E-state index < -0.39 is 11.8 Å². The average Bonchev–Trinajstić information content (AvgIpc) is 3.38. The molecule has 0 atom stereocenters. The van der Waals surface area contributed by atoms with Crippen LogP contribution in [-0.4, -0.2) is 52.0 Å². The number of nitrogens with zero attached hydrogens (tertiary/aromatic N) is 6. The fraction of sp³-hybridized carbons (Fsp3) is 0. The summed E-state index contributed by atoms with van der Waals surface area (Å²) in [4.78, 5) is 27.1. The number of phenols is 2. The van der Waals surface area contributed by atoms with Gasteiger partial charge in [-0.3, -0.25) is 9.59 Å². The maximum Gasteiger partial charge on any atom is 0.295 e. The van der Waals surface area contributed by atoms with Crippen LogP contribution in [0.15, 0.2) is 60.7 Å². The van der Waals surface area contributed by atoms with E-state index in [1.807, 2.05) is 0 Å². The number of hydrogen-bond donors (Lipinski definition) is 2. The molecule has 0 unspecified atom stereocenters. The monoisotopic (exact) mass is 400 g/mol.